The summed E-state index contributed by atoms with van der Waals surface area (Å²) >= 11 is 1.86. The van der Waals surface area contributed by atoms with Crippen molar-refractivity contribution in [3.05, 3.63) is 15.6 Å². The predicted octanol–water partition coefficient (Wildman–Crippen LogP) is 3.77. The smallest absolute Gasteiger partial charge is 0.113 e. The lowest BCUT2D eigenvalue weighted by Crippen LogP contribution is -2.42. The van der Waals surface area contributed by atoms with E-state index < -0.39 is 0 Å². The summed E-state index contributed by atoms with van der Waals surface area (Å²) < 4.78 is 0. The minimum absolute atomic E-state index is 0.0685. The topological polar surface area (TPSA) is 24.9 Å². The van der Waals surface area contributed by atoms with Gasteiger partial charge in [-0.15, -0.1) is 11.3 Å². The molecule has 1 aliphatic rings. The molecular formula is C14H24N2S. The molecule has 0 spiro atoms. The fraction of sp³-hybridized carbons (Fsp3) is 0.786. The normalized spacial score (nSPS) is 19.6. The molecule has 17 heavy (non-hydrogen) atoms. The van der Waals surface area contributed by atoms with Crippen LogP contribution in [0.5, 0.6) is 0 Å². The third kappa shape index (κ3) is 3.08. The van der Waals surface area contributed by atoms with Crippen molar-refractivity contribution in [2.24, 2.45) is 5.92 Å². The van der Waals surface area contributed by atoms with E-state index in [4.69, 9.17) is 4.98 Å². The van der Waals surface area contributed by atoms with Crippen molar-refractivity contribution in [2.45, 2.75) is 65.5 Å². The van der Waals surface area contributed by atoms with Gasteiger partial charge in [-0.3, -0.25) is 0 Å². The van der Waals surface area contributed by atoms with Gasteiger partial charge in [0.25, 0.3) is 0 Å². The van der Waals surface area contributed by atoms with E-state index >= 15 is 0 Å². The monoisotopic (exact) mass is 252 g/mol. The highest BCUT2D eigenvalue weighted by Gasteiger charge is 2.36. The highest BCUT2D eigenvalue weighted by atomic mass is 32.1. The summed E-state index contributed by atoms with van der Waals surface area (Å²) in [7, 11) is 0. The van der Waals surface area contributed by atoms with E-state index in [2.05, 4.69) is 39.9 Å². The lowest BCUT2D eigenvalue weighted by atomic mass is 9.91. The summed E-state index contributed by atoms with van der Waals surface area (Å²) in [6, 6.07) is 0.725. The van der Waals surface area contributed by atoms with Crippen LogP contribution in [0.25, 0.3) is 0 Å². The highest BCUT2D eigenvalue weighted by Crippen LogP contribution is 2.36. The second kappa shape index (κ2) is 4.69. The van der Waals surface area contributed by atoms with E-state index in [1.807, 2.05) is 11.3 Å². The average molecular weight is 252 g/mol. The van der Waals surface area contributed by atoms with E-state index in [1.165, 1.54) is 28.4 Å². The van der Waals surface area contributed by atoms with Gasteiger partial charge in [-0.05, 0) is 46.0 Å². The molecule has 96 valence electrons. The number of aryl methyl sites for hydroxylation is 2. The van der Waals surface area contributed by atoms with Gasteiger partial charge in [0.05, 0.1) is 11.2 Å². The minimum atomic E-state index is 0.0685. The third-order valence-corrected chi connectivity index (χ3v) is 4.75. The first-order valence-corrected chi connectivity index (χ1v) is 7.44. The van der Waals surface area contributed by atoms with Crippen molar-refractivity contribution in [1.29, 1.82) is 0 Å². The molecule has 2 rings (SSSR count). The second-order valence-corrected chi connectivity index (χ2v) is 7.21. The number of hydrogen-bond acceptors (Lipinski definition) is 3. The van der Waals surface area contributed by atoms with Gasteiger partial charge >= 0.3 is 0 Å². The Morgan fingerprint density at radius 1 is 1.41 bits per heavy atom. The van der Waals surface area contributed by atoms with Gasteiger partial charge in [-0.25, -0.2) is 4.98 Å². The van der Waals surface area contributed by atoms with Gasteiger partial charge in [0.15, 0.2) is 0 Å². The van der Waals surface area contributed by atoms with E-state index in [0.717, 1.165) is 12.5 Å². The summed E-state index contributed by atoms with van der Waals surface area (Å²) in [6.45, 7) is 11.2. The predicted molar refractivity (Wildman–Crippen MR) is 74.6 cm³/mol. The molecule has 0 amide bonds. The maximum atomic E-state index is 4.77. The van der Waals surface area contributed by atoms with E-state index in [-0.39, 0.29) is 5.54 Å². The number of rotatable bonds is 5. The van der Waals surface area contributed by atoms with Crippen molar-refractivity contribution >= 4 is 11.3 Å². The van der Waals surface area contributed by atoms with Crippen molar-refractivity contribution in [1.82, 2.24) is 10.3 Å². The van der Waals surface area contributed by atoms with Gasteiger partial charge in [0.2, 0.25) is 0 Å². The zero-order valence-corrected chi connectivity index (χ0v) is 12.4. The Morgan fingerprint density at radius 3 is 2.47 bits per heavy atom. The number of nitrogens with one attached hydrogen (secondary N) is 1. The molecule has 1 saturated carbocycles. The molecule has 0 radical (unpaired) electrons. The number of aromatic nitrogens is 1. The first-order valence-electron chi connectivity index (χ1n) is 6.63. The number of hydrogen-bond donors (Lipinski definition) is 1. The summed E-state index contributed by atoms with van der Waals surface area (Å²) in [5.74, 6) is 0.691. The van der Waals surface area contributed by atoms with Crippen molar-refractivity contribution < 1.29 is 0 Å². The lowest BCUT2D eigenvalue weighted by molar-refractivity contribution is 0.293. The molecule has 0 saturated heterocycles. The molecule has 1 fully saturated rings. The Hall–Kier alpha value is -0.410. The van der Waals surface area contributed by atoms with Crippen molar-refractivity contribution in [3.8, 4) is 0 Å². The summed E-state index contributed by atoms with van der Waals surface area (Å²) in [5.41, 5.74) is 1.26. The Kier molecular flexibility index (Phi) is 3.60. The maximum Gasteiger partial charge on any atom is 0.113 e. The van der Waals surface area contributed by atoms with Crippen LogP contribution in [0, 0.1) is 19.8 Å². The number of thiazole rings is 1. The average Bonchev–Trinajstić information content (AvgIpc) is 2.92. The van der Waals surface area contributed by atoms with Crippen LogP contribution in [0.3, 0.4) is 0 Å². The summed E-state index contributed by atoms with van der Waals surface area (Å²) in [6.07, 6.45) is 3.82. The first-order chi connectivity index (χ1) is 7.90. The van der Waals surface area contributed by atoms with Crippen LogP contribution < -0.4 is 5.32 Å². The molecule has 0 bridgehead atoms. The Bertz CT molecular complexity index is 367. The molecule has 1 heterocycles. The Labute approximate surface area is 109 Å². The quantitative estimate of drug-likeness (QED) is 0.863. The van der Waals surface area contributed by atoms with E-state index in [9.17, 15) is 0 Å². The standard InChI is InChI=1S/C14H24N2S/c1-9(2)8-14(5,16-12-6-7-12)13-15-10(3)11(4)17-13/h9,12,16H,6-8H2,1-5H3. The molecule has 1 N–H and O–H groups in total. The van der Waals surface area contributed by atoms with Crippen LogP contribution >= 0.6 is 11.3 Å². The zero-order valence-electron chi connectivity index (χ0n) is 11.6. The fourth-order valence-electron chi connectivity index (χ4n) is 2.41. The first kappa shape index (κ1) is 13.0. The van der Waals surface area contributed by atoms with Gasteiger partial charge in [-0.1, -0.05) is 13.8 Å². The van der Waals surface area contributed by atoms with Crippen molar-refractivity contribution in [2.75, 3.05) is 0 Å². The molecule has 1 aromatic heterocycles. The molecular weight excluding hydrogens is 228 g/mol. The SMILES string of the molecule is Cc1nc(C(C)(CC(C)C)NC2CC2)sc1C. The molecule has 1 aromatic rings. The van der Waals surface area contributed by atoms with Crippen LogP contribution in [-0.4, -0.2) is 11.0 Å². The van der Waals surface area contributed by atoms with E-state index in [0.29, 0.717) is 5.92 Å². The molecule has 0 aliphatic heterocycles. The lowest BCUT2D eigenvalue weighted by Gasteiger charge is -2.31. The van der Waals surface area contributed by atoms with Crippen LogP contribution in [0.2, 0.25) is 0 Å². The fourth-order valence-corrected chi connectivity index (χ4v) is 3.44. The second-order valence-electron chi connectivity index (χ2n) is 6.01. The molecule has 1 aliphatic carbocycles. The molecule has 2 nitrogen and oxygen atoms in total. The van der Waals surface area contributed by atoms with Crippen LogP contribution in [-0.2, 0) is 5.54 Å². The Morgan fingerprint density at radius 2 is 2.06 bits per heavy atom. The molecule has 0 aromatic carbocycles. The number of nitrogens with zero attached hydrogens (tertiary/aromatic N) is 1. The largest absolute Gasteiger partial charge is 0.303 e. The van der Waals surface area contributed by atoms with Crippen LogP contribution in [0.1, 0.15) is 55.6 Å². The molecule has 3 heteroatoms. The molecule has 1 atom stereocenters. The summed E-state index contributed by atoms with van der Waals surface area (Å²) in [4.78, 5) is 6.13. The van der Waals surface area contributed by atoms with E-state index in [1.54, 1.807) is 0 Å². The molecule has 1 unspecified atom stereocenters. The van der Waals surface area contributed by atoms with Gasteiger partial charge in [0, 0.05) is 10.9 Å². The minimum Gasteiger partial charge on any atom is -0.303 e. The van der Waals surface area contributed by atoms with Gasteiger partial charge in [0.1, 0.15) is 5.01 Å². The van der Waals surface area contributed by atoms with Crippen LogP contribution in [0.4, 0.5) is 0 Å². The summed E-state index contributed by atoms with van der Waals surface area (Å²) in [5, 5.41) is 5.07. The zero-order chi connectivity index (χ0) is 12.6. The third-order valence-electron chi connectivity index (χ3n) is 3.42. The van der Waals surface area contributed by atoms with Gasteiger partial charge in [-0.2, -0.15) is 0 Å². The van der Waals surface area contributed by atoms with Crippen molar-refractivity contribution in [3.63, 3.8) is 0 Å². The Balaban J connectivity index is 2.23. The highest BCUT2D eigenvalue weighted by molar-refractivity contribution is 7.11. The van der Waals surface area contributed by atoms with Gasteiger partial charge < -0.3 is 5.32 Å². The maximum absolute atomic E-state index is 4.77. The van der Waals surface area contributed by atoms with Crippen LogP contribution in [0.15, 0.2) is 0 Å².